The minimum absolute atomic E-state index is 0.0697. The molecular weight excluding hydrogens is 376 g/mol. The highest BCUT2D eigenvalue weighted by Gasteiger charge is 2.12. The van der Waals surface area contributed by atoms with Crippen molar-refractivity contribution in [3.8, 4) is 5.75 Å². The van der Waals surface area contributed by atoms with Gasteiger partial charge in [0.05, 0.1) is 5.75 Å². The number of aromatic amines is 1. The summed E-state index contributed by atoms with van der Waals surface area (Å²) in [4.78, 5) is 32.4. The first-order valence-electron chi connectivity index (χ1n) is 8.38. The molecular formula is C18H21F2N3O3S. The number of benzene rings is 1. The van der Waals surface area contributed by atoms with Gasteiger partial charge in [0.25, 0.3) is 5.56 Å². The predicted molar refractivity (Wildman–Crippen MR) is 99.1 cm³/mol. The lowest BCUT2D eigenvalue weighted by Crippen LogP contribution is -2.28. The zero-order valence-electron chi connectivity index (χ0n) is 15.1. The molecule has 1 aromatic carbocycles. The van der Waals surface area contributed by atoms with Gasteiger partial charge in [-0.3, -0.25) is 9.59 Å². The van der Waals surface area contributed by atoms with Crippen LogP contribution >= 0.6 is 11.8 Å². The number of hydrogen-bond donors (Lipinski definition) is 1. The second-order valence-corrected chi connectivity index (χ2v) is 6.82. The molecule has 1 N–H and O–H groups in total. The molecule has 2 aromatic rings. The number of thioether (sulfide) groups is 1. The van der Waals surface area contributed by atoms with Crippen LogP contribution in [0.15, 0.2) is 40.3 Å². The van der Waals surface area contributed by atoms with E-state index in [0.717, 1.165) is 12.0 Å². The highest BCUT2D eigenvalue weighted by Crippen LogP contribution is 2.17. The zero-order chi connectivity index (χ0) is 19.8. The zero-order valence-corrected chi connectivity index (χ0v) is 15.9. The summed E-state index contributed by atoms with van der Waals surface area (Å²) < 4.78 is 28.6. The smallest absolute Gasteiger partial charge is 0.387 e. The number of carbonyl (C=O) groups excluding carboxylic acids is 1. The fourth-order valence-electron chi connectivity index (χ4n) is 2.31. The summed E-state index contributed by atoms with van der Waals surface area (Å²) >= 11 is 1.17. The predicted octanol–water partition coefficient (Wildman–Crippen LogP) is 3.07. The Morgan fingerprint density at radius 2 is 2.04 bits per heavy atom. The Morgan fingerprint density at radius 1 is 1.33 bits per heavy atom. The summed E-state index contributed by atoms with van der Waals surface area (Å²) in [6.07, 6.45) is 1.58. The number of alkyl halides is 2. The summed E-state index contributed by atoms with van der Waals surface area (Å²) in [6.45, 7) is -0.540. The van der Waals surface area contributed by atoms with Gasteiger partial charge in [-0.05, 0) is 24.1 Å². The summed E-state index contributed by atoms with van der Waals surface area (Å²) in [5.74, 6) is 0.0541. The molecule has 0 radical (unpaired) electrons. The molecule has 1 aromatic heterocycles. The molecule has 0 atom stereocenters. The maximum atomic E-state index is 12.3. The van der Waals surface area contributed by atoms with Crippen molar-refractivity contribution < 1.29 is 18.3 Å². The fraction of sp³-hybridized carbons (Fsp3) is 0.389. The largest absolute Gasteiger partial charge is 0.435 e. The van der Waals surface area contributed by atoms with Gasteiger partial charge in [0.2, 0.25) is 5.91 Å². The van der Waals surface area contributed by atoms with Crippen LogP contribution in [-0.2, 0) is 17.8 Å². The van der Waals surface area contributed by atoms with Crippen molar-refractivity contribution >= 4 is 17.7 Å². The van der Waals surface area contributed by atoms with Crippen LogP contribution in [0.25, 0.3) is 0 Å². The van der Waals surface area contributed by atoms with Gasteiger partial charge in [-0.15, -0.1) is 0 Å². The molecule has 9 heteroatoms. The van der Waals surface area contributed by atoms with Crippen LogP contribution in [0.1, 0.15) is 24.6 Å². The molecule has 0 fully saturated rings. The number of rotatable bonds is 9. The molecule has 1 amide bonds. The number of halogens is 2. The minimum atomic E-state index is -2.87. The molecule has 27 heavy (non-hydrogen) atoms. The molecule has 2 rings (SSSR count). The van der Waals surface area contributed by atoms with Crippen molar-refractivity contribution in [2.45, 2.75) is 38.1 Å². The molecule has 1 heterocycles. The van der Waals surface area contributed by atoms with E-state index in [0.29, 0.717) is 23.8 Å². The van der Waals surface area contributed by atoms with Gasteiger partial charge in [-0.25, -0.2) is 4.98 Å². The van der Waals surface area contributed by atoms with Crippen molar-refractivity contribution in [2.24, 2.45) is 0 Å². The van der Waals surface area contributed by atoms with Gasteiger partial charge >= 0.3 is 6.61 Å². The molecule has 146 valence electrons. The quantitative estimate of drug-likeness (QED) is 0.520. The van der Waals surface area contributed by atoms with Crippen LogP contribution in [0.5, 0.6) is 5.75 Å². The summed E-state index contributed by atoms with van der Waals surface area (Å²) in [7, 11) is 1.65. The van der Waals surface area contributed by atoms with Crippen molar-refractivity contribution in [3.63, 3.8) is 0 Å². The molecule has 0 aliphatic heterocycles. The Balaban J connectivity index is 1.89. The maximum absolute atomic E-state index is 12.3. The van der Waals surface area contributed by atoms with Gasteiger partial charge < -0.3 is 14.6 Å². The van der Waals surface area contributed by atoms with Crippen molar-refractivity contribution in [3.05, 3.63) is 51.9 Å². The van der Waals surface area contributed by atoms with Crippen molar-refractivity contribution in [2.75, 3.05) is 12.8 Å². The number of amides is 1. The average Bonchev–Trinajstić information content (AvgIpc) is 2.60. The van der Waals surface area contributed by atoms with E-state index in [4.69, 9.17) is 0 Å². The molecule has 0 spiro atoms. The third-order valence-corrected chi connectivity index (χ3v) is 4.46. The van der Waals surface area contributed by atoms with Gasteiger partial charge in [-0.1, -0.05) is 37.2 Å². The number of aryl methyl sites for hydroxylation is 1. The standard InChI is InChI=1S/C18H21F2N3O3S/c1-3-4-13-9-15(24)22-18(21-13)27-11-16(25)23(2)10-12-5-7-14(8-6-12)26-17(19)20/h5-9,17H,3-4,10-11H2,1-2H3,(H,21,22,24). The topological polar surface area (TPSA) is 75.3 Å². The molecule has 0 saturated heterocycles. The first kappa shape index (κ1) is 20.9. The van der Waals surface area contributed by atoms with Gasteiger partial charge in [0, 0.05) is 25.4 Å². The van der Waals surface area contributed by atoms with Gasteiger partial charge in [0.1, 0.15) is 5.75 Å². The second kappa shape index (κ2) is 10.1. The molecule has 0 aliphatic rings. The van der Waals surface area contributed by atoms with Crippen molar-refractivity contribution in [1.82, 2.24) is 14.9 Å². The summed E-state index contributed by atoms with van der Waals surface area (Å²) in [5.41, 5.74) is 1.26. The van der Waals surface area contributed by atoms with E-state index in [1.165, 1.54) is 34.9 Å². The van der Waals surface area contributed by atoms with E-state index in [1.807, 2.05) is 6.92 Å². The van der Waals surface area contributed by atoms with Crippen LogP contribution in [0.4, 0.5) is 8.78 Å². The van der Waals surface area contributed by atoms with Crippen LogP contribution in [0, 0.1) is 0 Å². The van der Waals surface area contributed by atoms with E-state index in [-0.39, 0.29) is 23.0 Å². The number of nitrogens with one attached hydrogen (secondary N) is 1. The molecule has 6 nitrogen and oxygen atoms in total. The van der Waals surface area contributed by atoms with E-state index in [2.05, 4.69) is 14.7 Å². The maximum Gasteiger partial charge on any atom is 0.387 e. The van der Waals surface area contributed by atoms with Crippen LogP contribution in [0.2, 0.25) is 0 Å². The van der Waals surface area contributed by atoms with Crippen molar-refractivity contribution in [1.29, 1.82) is 0 Å². The number of nitrogens with zero attached hydrogens (tertiary/aromatic N) is 2. The Hall–Kier alpha value is -2.42. The number of carbonyl (C=O) groups is 1. The highest BCUT2D eigenvalue weighted by atomic mass is 32.2. The highest BCUT2D eigenvalue weighted by molar-refractivity contribution is 7.99. The Kier molecular flexibility index (Phi) is 7.78. The first-order valence-corrected chi connectivity index (χ1v) is 9.36. The van der Waals surface area contributed by atoms with Crippen LogP contribution in [0.3, 0.4) is 0 Å². The number of ether oxygens (including phenoxy) is 1. The average molecular weight is 397 g/mol. The van der Waals surface area contributed by atoms with E-state index >= 15 is 0 Å². The lowest BCUT2D eigenvalue weighted by Gasteiger charge is -2.17. The molecule has 0 unspecified atom stereocenters. The third-order valence-electron chi connectivity index (χ3n) is 3.61. The molecule has 0 bridgehead atoms. The minimum Gasteiger partial charge on any atom is -0.435 e. The second-order valence-electron chi connectivity index (χ2n) is 5.85. The van der Waals surface area contributed by atoms with E-state index in [1.54, 1.807) is 19.2 Å². The Labute approximate surface area is 159 Å². The van der Waals surface area contributed by atoms with Gasteiger partial charge in [-0.2, -0.15) is 8.78 Å². The monoisotopic (exact) mass is 397 g/mol. The normalized spacial score (nSPS) is 10.9. The Morgan fingerprint density at radius 3 is 2.67 bits per heavy atom. The first-order chi connectivity index (χ1) is 12.9. The number of hydrogen-bond acceptors (Lipinski definition) is 5. The van der Waals surface area contributed by atoms with Gasteiger partial charge in [0.15, 0.2) is 5.16 Å². The lowest BCUT2D eigenvalue weighted by atomic mass is 10.2. The number of aromatic nitrogens is 2. The van der Waals surface area contributed by atoms with E-state index in [9.17, 15) is 18.4 Å². The summed E-state index contributed by atoms with van der Waals surface area (Å²) in [5, 5.41) is 0.418. The Bertz CT molecular complexity index is 812. The third kappa shape index (κ3) is 7.01. The lowest BCUT2D eigenvalue weighted by molar-refractivity contribution is -0.127. The summed E-state index contributed by atoms with van der Waals surface area (Å²) in [6, 6.07) is 7.58. The SMILES string of the molecule is CCCc1cc(=O)[nH]c(SCC(=O)N(C)Cc2ccc(OC(F)F)cc2)n1. The van der Waals surface area contributed by atoms with E-state index < -0.39 is 6.61 Å². The fourth-order valence-corrected chi connectivity index (χ4v) is 3.15. The number of H-pyrrole nitrogens is 1. The van der Waals surface area contributed by atoms with Crippen LogP contribution in [-0.4, -0.2) is 40.2 Å². The molecule has 0 aliphatic carbocycles. The van der Waals surface area contributed by atoms with Crippen LogP contribution < -0.4 is 10.3 Å². The molecule has 0 saturated carbocycles.